The molecule has 176 valence electrons. The van der Waals surface area contributed by atoms with Crippen molar-refractivity contribution in [3.63, 3.8) is 0 Å². The Morgan fingerprint density at radius 2 is 1.82 bits per heavy atom. The second kappa shape index (κ2) is 10.3. The molecule has 1 amide bonds. The van der Waals surface area contributed by atoms with Crippen LogP contribution in [0.1, 0.15) is 37.4 Å². The number of aliphatic imine (C=N–C) groups is 1. The third-order valence-corrected chi connectivity index (χ3v) is 6.66. The van der Waals surface area contributed by atoms with E-state index in [0.717, 1.165) is 11.3 Å². The van der Waals surface area contributed by atoms with E-state index in [9.17, 15) is 14.0 Å². The predicted octanol–water partition coefficient (Wildman–Crippen LogP) is 4.97. The van der Waals surface area contributed by atoms with Gasteiger partial charge in [0.05, 0.1) is 30.3 Å². The predicted molar refractivity (Wildman–Crippen MR) is 132 cm³/mol. The van der Waals surface area contributed by atoms with Gasteiger partial charge in [0.1, 0.15) is 5.82 Å². The van der Waals surface area contributed by atoms with Gasteiger partial charge >= 0.3 is 5.97 Å². The van der Waals surface area contributed by atoms with Gasteiger partial charge in [-0.2, -0.15) is 0 Å². The maximum atomic E-state index is 13.8. The van der Waals surface area contributed by atoms with Gasteiger partial charge in [-0.1, -0.05) is 54.2 Å². The average molecular weight is 480 g/mol. The molecule has 0 unspecified atom stereocenters. The minimum atomic E-state index is -0.622. The molecule has 0 radical (unpaired) electrons. The van der Waals surface area contributed by atoms with E-state index < -0.39 is 12.0 Å². The number of carbonyl (C=O) groups excluding carboxylic acids is 2. The molecule has 2 aliphatic rings. The van der Waals surface area contributed by atoms with Crippen LogP contribution < -0.4 is 0 Å². The fraction of sp³-hybridized carbons (Fsp3) is 0.269. The molecule has 34 heavy (non-hydrogen) atoms. The quantitative estimate of drug-likeness (QED) is 0.525. The molecular formula is C26H26FN3O3S. The fourth-order valence-electron chi connectivity index (χ4n) is 3.92. The number of thioether (sulfide) groups is 1. The van der Waals surface area contributed by atoms with Gasteiger partial charge in [0.15, 0.2) is 5.17 Å². The van der Waals surface area contributed by atoms with Gasteiger partial charge < -0.3 is 14.5 Å². The summed E-state index contributed by atoms with van der Waals surface area (Å²) in [5.41, 5.74) is 3.08. The Hall–Kier alpha value is -3.39. The van der Waals surface area contributed by atoms with E-state index in [1.165, 1.54) is 23.9 Å². The topological polar surface area (TPSA) is 62.2 Å². The molecule has 0 aliphatic carbocycles. The summed E-state index contributed by atoms with van der Waals surface area (Å²) in [6, 6.07) is 14.9. The van der Waals surface area contributed by atoms with Crippen LogP contribution in [-0.4, -0.2) is 47.0 Å². The largest absolute Gasteiger partial charge is 0.463 e. The molecule has 8 heteroatoms. The van der Waals surface area contributed by atoms with E-state index in [-0.39, 0.29) is 24.8 Å². The minimum Gasteiger partial charge on any atom is -0.463 e. The molecule has 0 saturated heterocycles. The molecule has 2 aromatic carbocycles. The lowest BCUT2D eigenvalue weighted by atomic mass is 9.91. The van der Waals surface area contributed by atoms with Crippen LogP contribution in [0.5, 0.6) is 0 Å². The zero-order valence-corrected chi connectivity index (χ0v) is 20.1. The number of hydrogen-bond donors (Lipinski definition) is 0. The third-order valence-electron chi connectivity index (χ3n) is 5.77. The van der Waals surface area contributed by atoms with Crippen molar-refractivity contribution in [1.82, 2.24) is 9.80 Å². The lowest BCUT2D eigenvalue weighted by Gasteiger charge is -2.37. The number of amides is 1. The Labute approximate surface area is 202 Å². The second-order valence-electron chi connectivity index (χ2n) is 7.88. The van der Waals surface area contributed by atoms with Gasteiger partial charge in [-0.15, -0.1) is 0 Å². The van der Waals surface area contributed by atoms with Crippen molar-refractivity contribution in [2.75, 3.05) is 20.2 Å². The molecular weight excluding hydrogens is 453 g/mol. The Kier molecular flexibility index (Phi) is 7.17. The molecule has 1 atom stereocenters. The highest BCUT2D eigenvalue weighted by Gasteiger charge is 2.42. The van der Waals surface area contributed by atoms with Crippen LogP contribution in [-0.2, 0) is 14.3 Å². The molecule has 0 saturated carbocycles. The molecule has 2 aliphatic heterocycles. The minimum absolute atomic E-state index is 0.0380. The molecule has 0 spiro atoms. The Morgan fingerprint density at radius 3 is 2.47 bits per heavy atom. The van der Waals surface area contributed by atoms with Crippen molar-refractivity contribution in [1.29, 1.82) is 0 Å². The van der Waals surface area contributed by atoms with Gasteiger partial charge in [0, 0.05) is 24.9 Å². The summed E-state index contributed by atoms with van der Waals surface area (Å²) in [7, 11) is 1.76. The van der Waals surface area contributed by atoms with E-state index in [2.05, 4.69) is 0 Å². The highest BCUT2D eigenvalue weighted by Crippen LogP contribution is 2.47. The second-order valence-corrected chi connectivity index (χ2v) is 8.72. The van der Waals surface area contributed by atoms with E-state index in [0.29, 0.717) is 28.5 Å². The van der Waals surface area contributed by atoms with Crippen molar-refractivity contribution in [3.05, 3.63) is 88.2 Å². The number of ether oxygens (including phenoxy) is 1. The van der Waals surface area contributed by atoms with Crippen LogP contribution in [0.3, 0.4) is 0 Å². The summed E-state index contributed by atoms with van der Waals surface area (Å²) >= 11 is 1.41. The number of carbonyl (C=O) groups is 2. The first-order valence-corrected chi connectivity index (χ1v) is 12.0. The zero-order chi connectivity index (χ0) is 24.2. The van der Waals surface area contributed by atoms with Crippen LogP contribution >= 0.6 is 11.8 Å². The maximum absolute atomic E-state index is 13.8. The fourth-order valence-corrected chi connectivity index (χ4v) is 4.83. The number of nitrogens with zero attached hydrogens (tertiary/aromatic N) is 3. The Bertz CT molecular complexity index is 1180. The third kappa shape index (κ3) is 4.63. The van der Waals surface area contributed by atoms with E-state index in [1.54, 1.807) is 31.0 Å². The summed E-state index contributed by atoms with van der Waals surface area (Å²) in [6.45, 7) is 4.46. The summed E-state index contributed by atoms with van der Waals surface area (Å²) in [5.74, 6) is -0.902. The van der Waals surface area contributed by atoms with Crippen LogP contribution in [0.25, 0.3) is 5.70 Å². The maximum Gasteiger partial charge on any atom is 0.338 e. The molecule has 6 nitrogen and oxygen atoms in total. The molecule has 0 fully saturated rings. The van der Waals surface area contributed by atoms with Crippen LogP contribution in [0.4, 0.5) is 4.39 Å². The Morgan fingerprint density at radius 1 is 1.12 bits per heavy atom. The first-order valence-electron chi connectivity index (χ1n) is 11.1. The standard InChI is InChI=1S/C26H26FN3O3S/c1-4-29(3)21(31)15-20-16-34-26-28-23(17-9-7-6-8-10-17)22(25(32)33-5-2)24(30(20)26)18-11-13-19(27)14-12-18/h6-14,16,24H,4-5,15H2,1-3H3/t24-/m1/s1. The highest BCUT2D eigenvalue weighted by molar-refractivity contribution is 8.16. The van der Waals surface area contributed by atoms with Gasteiger partial charge in [0.25, 0.3) is 0 Å². The number of esters is 1. The lowest BCUT2D eigenvalue weighted by Crippen LogP contribution is -2.38. The number of amidine groups is 1. The number of benzene rings is 2. The van der Waals surface area contributed by atoms with E-state index in [1.807, 2.05) is 47.6 Å². The average Bonchev–Trinajstić information content (AvgIpc) is 3.25. The van der Waals surface area contributed by atoms with Crippen molar-refractivity contribution < 1.29 is 18.7 Å². The summed E-state index contributed by atoms with van der Waals surface area (Å²) in [6.07, 6.45) is 0.158. The van der Waals surface area contributed by atoms with Gasteiger partial charge in [-0.05, 0) is 37.0 Å². The Balaban J connectivity index is 1.88. The normalized spacial score (nSPS) is 17.2. The first-order chi connectivity index (χ1) is 16.4. The van der Waals surface area contributed by atoms with Crippen molar-refractivity contribution in [2.24, 2.45) is 4.99 Å². The molecule has 4 rings (SSSR count). The van der Waals surface area contributed by atoms with Crippen LogP contribution in [0.2, 0.25) is 0 Å². The molecule has 0 N–H and O–H groups in total. The van der Waals surface area contributed by atoms with Crippen LogP contribution in [0.15, 0.2) is 76.3 Å². The molecule has 0 bridgehead atoms. The molecule has 0 aromatic heterocycles. The van der Waals surface area contributed by atoms with E-state index >= 15 is 0 Å². The first kappa shape index (κ1) is 23.8. The van der Waals surface area contributed by atoms with Crippen LogP contribution in [0, 0.1) is 5.82 Å². The summed E-state index contributed by atoms with van der Waals surface area (Å²) < 4.78 is 19.3. The number of halogens is 1. The van der Waals surface area contributed by atoms with Crippen molar-refractivity contribution in [2.45, 2.75) is 26.3 Å². The summed E-state index contributed by atoms with van der Waals surface area (Å²) in [4.78, 5) is 34.5. The highest BCUT2D eigenvalue weighted by atomic mass is 32.2. The number of rotatable bonds is 7. The van der Waals surface area contributed by atoms with Crippen molar-refractivity contribution in [3.8, 4) is 0 Å². The number of fused-ring (bicyclic) bond motifs is 1. The monoisotopic (exact) mass is 479 g/mol. The molecule has 2 heterocycles. The smallest absolute Gasteiger partial charge is 0.338 e. The number of hydrogen-bond acceptors (Lipinski definition) is 6. The lowest BCUT2D eigenvalue weighted by molar-refractivity contribution is -0.139. The van der Waals surface area contributed by atoms with Crippen molar-refractivity contribution >= 4 is 34.5 Å². The van der Waals surface area contributed by atoms with Gasteiger partial charge in [-0.25, -0.2) is 14.2 Å². The summed E-state index contributed by atoms with van der Waals surface area (Å²) in [5, 5.41) is 2.55. The molecule has 2 aromatic rings. The van der Waals surface area contributed by atoms with E-state index in [4.69, 9.17) is 9.73 Å². The van der Waals surface area contributed by atoms with Gasteiger partial charge in [-0.3, -0.25) is 4.79 Å². The zero-order valence-electron chi connectivity index (χ0n) is 19.3. The van der Waals surface area contributed by atoms with Gasteiger partial charge in [0.2, 0.25) is 5.91 Å². The SMILES string of the molecule is CCOC(=O)C1=C(c2ccccc2)N=C2SC=C(CC(=O)N(C)CC)N2[C@@H]1c1ccc(F)cc1.